The maximum atomic E-state index is 12.7. The van der Waals surface area contributed by atoms with Crippen LogP contribution in [0.1, 0.15) is 31.9 Å². The summed E-state index contributed by atoms with van der Waals surface area (Å²) in [5.41, 5.74) is 4.97. The fourth-order valence-corrected chi connectivity index (χ4v) is 2.07. The lowest BCUT2D eigenvalue weighted by molar-refractivity contribution is -0.137. The minimum atomic E-state index is -4.38. The average Bonchev–Trinajstić information content (AvgIpc) is 2.33. The van der Waals surface area contributed by atoms with Gasteiger partial charge < -0.3 is 15.7 Å². The minimum Gasteiger partial charge on any atom is -0.389 e. The van der Waals surface area contributed by atoms with E-state index < -0.39 is 17.3 Å². The van der Waals surface area contributed by atoms with Crippen molar-refractivity contribution in [1.82, 2.24) is 0 Å². The molecule has 0 radical (unpaired) electrons. The highest BCUT2D eigenvalue weighted by Gasteiger charge is 2.31. The van der Waals surface area contributed by atoms with Crippen LogP contribution in [-0.2, 0) is 12.7 Å². The Kier molecular flexibility index (Phi) is 5.05. The molecule has 0 aliphatic carbocycles. The number of anilines is 1. The molecular weight excluding hydrogens is 269 g/mol. The smallest absolute Gasteiger partial charge is 0.389 e. The van der Waals surface area contributed by atoms with Gasteiger partial charge in [-0.05, 0) is 44.5 Å². The molecule has 1 aromatic rings. The van der Waals surface area contributed by atoms with E-state index >= 15 is 0 Å². The van der Waals surface area contributed by atoms with Crippen molar-refractivity contribution < 1.29 is 18.3 Å². The number of halogens is 3. The first-order chi connectivity index (χ1) is 9.08. The standard InChI is InChI=1S/C14H21F3N2O/c1-4-19(9-13(2,3)20)12-6-5-11(14(15,16)17)7-10(12)8-18/h5-7,20H,4,8-9,18H2,1-3H3. The van der Waals surface area contributed by atoms with Gasteiger partial charge in [-0.25, -0.2) is 0 Å². The van der Waals surface area contributed by atoms with E-state index in [9.17, 15) is 18.3 Å². The monoisotopic (exact) mass is 290 g/mol. The van der Waals surface area contributed by atoms with Crippen molar-refractivity contribution in [1.29, 1.82) is 0 Å². The Morgan fingerprint density at radius 2 is 1.85 bits per heavy atom. The summed E-state index contributed by atoms with van der Waals surface area (Å²) in [5, 5.41) is 9.88. The SMILES string of the molecule is CCN(CC(C)(C)O)c1ccc(C(F)(F)F)cc1CN. The highest BCUT2D eigenvalue weighted by molar-refractivity contribution is 5.55. The Morgan fingerprint density at radius 1 is 1.25 bits per heavy atom. The van der Waals surface area contributed by atoms with Crippen LogP contribution in [0.3, 0.4) is 0 Å². The topological polar surface area (TPSA) is 49.5 Å². The molecule has 0 unspecified atom stereocenters. The van der Waals surface area contributed by atoms with Crippen molar-refractivity contribution in [3.05, 3.63) is 29.3 Å². The van der Waals surface area contributed by atoms with Gasteiger partial charge in [0.2, 0.25) is 0 Å². The molecule has 0 atom stereocenters. The van der Waals surface area contributed by atoms with Crippen LogP contribution in [0.2, 0.25) is 0 Å². The number of hydrogen-bond donors (Lipinski definition) is 2. The summed E-state index contributed by atoms with van der Waals surface area (Å²) in [4.78, 5) is 1.82. The van der Waals surface area contributed by atoms with Crippen LogP contribution >= 0.6 is 0 Å². The van der Waals surface area contributed by atoms with Crippen molar-refractivity contribution in [2.24, 2.45) is 5.73 Å². The number of hydrogen-bond acceptors (Lipinski definition) is 3. The molecule has 0 aromatic heterocycles. The number of alkyl halides is 3. The molecule has 20 heavy (non-hydrogen) atoms. The lowest BCUT2D eigenvalue weighted by atomic mass is 10.0. The van der Waals surface area contributed by atoms with Crippen molar-refractivity contribution in [3.63, 3.8) is 0 Å². The van der Waals surface area contributed by atoms with E-state index in [0.29, 0.717) is 24.3 Å². The van der Waals surface area contributed by atoms with Crippen LogP contribution in [0, 0.1) is 0 Å². The fourth-order valence-electron chi connectivity index (χ4n) is 2.07. The van der Waals surface area contributed by atoms with Gasteiger partial charge in [0.05, 0.1) is 11.2 Å². The van der Waals surface area contributed by atoms with E-state index in [4.69, 9.17) is 5.73 Å². The second-order valence-corrected chi connectivity index (χ2v) is 5.37. The van der Waals surface area contributed by atoms with Crippen molar-refractivity contribution >= 4 is 5.69 Å². The first kappa shape index (κ1) is 16.8. The summed E-state index contributed by atoms with van der Waals surface area (Å²) < 4.78 is 38.1. The molecule has 1 rings (SSSR count). The first-order valence-corrected chi connectivity index (χ1v) is 6.46. The van der Waals surface area contributed by atoms with Gasteiger partial charge >= 0.3 is 6.18 Å². The van der Waals surface area contributed by atoms with Crippen molar-refractivity contribution in [3.8, 4) is 0 Å². The Bertz CT molecular complexity index is 453. The highest BCUT2D eigenvalue weighted by atomic mass is 19.4. The Morgan fingerprint density at radius 3 is 2.25 bits per heavy atom. The lowest BCUT2D eigenvalue weighted by Gasteiger charge is -2.31. The number of aliphatic hydroxyl groups is 1. The van der Waals surface area contributed by atoms with Gasteiger partial charge in [-0.15, -0.1) is 0 Å². The largest absolute Gasteiger partial charge is 0.416 e. The number of rotatable bonds is 5. The number of nitrogens with zero attached hydrogens (tertiary/aromatic N) is 1. The van der Waals surface area contributed by atoms with Crippen LogP contribution in [0.5, 0.6) is 0 Å². The van der Waals surface area contributed by atoms with Crippen molar-refractivity contribution in [2.45, 2.75) is 39.1 Å². The molecular formula is C14H21F3N2O. The van der Waals surface area contributed by atoms with E-state index in [2.05, 4.69) is 0 Å². The highest BCUT2D eigenvalue weighted by Crippen LogP contribution is 2.33. The van der Waals surface area contributed by atoms with E-state index in [0.717, 1.165) is 12.1 Å². The Hall–Kier alpha value is -1.27. The van der Waals surface area contributed by atoms with Gasteiger partial charge in [0, 0.05) is 25.3 Å². The molecule has 0 amide bonds. The zero-order valence-corrected chi connectivity index (χ0v) is 12.0. The number of nitrogens with two attached hydrogens (primary N) is 1. The summed E-state index contributed by atoms with van der Waals surface area (Å²) >= 11 is 0. The van der Waals surface area contributed by atoms with E-state index in [1.54, 1.807) is 13.8 Å². The van der Waals surface area contributed by atoms with Crippen LogP contribution in [0.25, 0.3) is 0 Å². The van der Waals surface area contributed by atoms with Gasteiger partial charge in [0.1, 0.15) is 0 Å². The molecule has 0 saturated carbocycles. The molecule has 0 saturated heterocycles. The normalized spacial score (nSPS) is 12.6. The molecule has 3 nitrogen and oxygen atoms in total. The molecule has 0 bridgehead atoms. The predicted octanol–water partition coefficient (Wildman–Crippen LogP) is 2.76. The van der Waals surface area contributed by atoms with Gasteiger partial charge in [-0.3, -0.25) is 0 Å². The summed E-state index contributed by atoms with van der Waals surface area (Å²) in [5.74, 6) is 0. The maximum Gasteiger partial charge on any atom is 0.416 e. The second kappa shape index (κ2) is 6.01. The first-order valence-electron chi connectivity index (χ1n) is 6.46. The summed E-state index contributed by atoms with van der Waals surface area (Å²) in [7, 11) is 0. The predicted molar refractivity (Wildman–Crippen MR) is 73.5 cm³/mol. The summed E-state index contributed by atoms with van der Waals surface area (Å²) in [6.07, 6.45) is -4.38. The average molecular weight is 290 g/mol. The quantitative estimate of drug-likeness (QED) is 0.876. The third kappa shape index (κ3) is 4.38. The van der Waals surface area contributed by atoms with Crippen LogP contribution in [0.4, 0.5) is 18.9 Å². The fraction of sp³-hybridized carbons (Fsp3) is 0.571. The Balaban J connectivity index is 3.17. The molecule has 0 fully saturated rings. The number of likely N-dealkylation sites (N-methyl/N-ethyl adjacent to an activating group) is 1. The van der Waals surface area contributed by atoms with E-state index in [-0.39, 0.29) is 6.54 Å². The van der Waals surface area contributed by atoms with Crippen LogP contribution in [0.15, 0.2) is 18.2 Å². The third-order valence-electron chi connectivity index (χ3n) is 2.93. The van der Waals surface area contributed by atoms with Gasteiger partial charge in [0.25, 0.3) is 0 Å². The zero-order chi connectivity index (χ0) is 15.6. The molecule has 0 aliphatic heterocycles. The molecule has 0 spiro atoms. The van der Waals surface area contributed by atoms with Crippen LogP contribution < -0.4 is 10.6 Å². The van der Waals surface area contributed by atoms with Gasteiger partial charge in [0.15, 0.2) is 0 Å². The maximum absolute atomic E-state index is 12.7. The van der Waals surface area contributed by atoms with E-state index in [1.165, 1.54) is 6.07 Å². The lowest BCUT2D eigenvalue weighted by Crippen LogP contribution is -2.39. The minimum absolute atomic E-state index is 0.0155. The molecule has 6 heteroatoms. The Labute approximate surface area is 117 Å². The summed E-state index contributed by atoms with van der Waals surface area (Å²) in [6, 6.07) is 3.53. The third-order valence-corrected chi connectivity index (χ3v) is 2.93. The van der Waals surface area contributed by atoms with Gasteiger partial charge in [-0.2, -0.15) is 13.2 Å². The molecule has 114 valence electrons. The molecule has 3 N–H and O–H groups in total. The molecule has 0 aliphatic rings. The molecule has 0 heterocycles. The van der Waals surface area contributed by atoms with E-state index in [1.807, 2.05) is 11.8 Å². The van der Waals surface area contributed by atoms with Crippen molar-refractivity contribution in [2.75, 3.05) is 18.0 Å². The van der Waals surface area contributed by atoms with Crippen LogP contribution in [-0.4, -0.2) is 23.8 Å². The zero-order valence-electron chi connectivity index (χ0n) is 12.0. The molecule has 1 aromatic carbocycles. The van der Waals surface area contributed by atoms with Gasteiger partial charge in [-0.1, -0.05) is 0 Å². The summed E-state index contributed by atoms with van der Waals surface area (Å²) in [6.45, 7) is 6.10. The second-order valence-electron chi connectivity index (χ2n) is 5.37. The number of benzene rings is 1.